The van der Waals surface area contributed by atoms with Crippen LogP contribution in [0.3, 0.4) is 0 Å². The predicted octanol–water partition coefficient (Wildman–Crippen LogP) is 1.43. The van der Waals surface area contributed by atoms with Crippen LogP contribution < -0.4 is 0 Å². The van der Waals surface area contributed by atoms with E-state index < -0.39 is 17.5 Å². The van der Waals surface area contributed by atoms with E-state index in [4.69, 9.17) is 4.74 Å². The van der Waals surface area contributed by atoms with E-state index in [9.17, 15) is 18.4 Å². The Morgan fingerprint density at radius 1 is 1.26 bits per heavy atom. The van der Waals surface area contributed by atoms with E-state index in [0.29, 0.717) is 26.1 Å². The quantitative estimate of drug-likeness (QED) is 0.842. The Labute approximate surface area is 132 Å². The highest BCUT2D eigenvalue weighted by Crippen LogP contribution is 2.33. The van der Waals surface area contributed by atoms with E-state index in [1.54, 1.807) is 16.9 Å². The maximum absolute atomic E-state index is 13.3. The molecule has 2 aliphatic rings. The minimum absolute atomic E-state index is 0.0139. The molecule has 0 unspecified atom stereocenters. The summed E-state index contributed by atoms with van der Waals surface area (Å²) in [5.41, 5.74) is -0.0223. The SMILES string of the molecule is COCCN1C(=O)C[C@H]2[C@@H]1CCN2C(=O)c1cc(F)cc(F)c1. The summed E-state index contributed by atoms with van der Waals surface area (Å²) in [7, 11) is 1.57. The van der Waals surface area contributed by atoms with Crippen LogP contribution in [-0.2, 0) is 9.53 Å². The third kappa shape index (κ3) is 2.93. The number of methoxy groups -OCH3 is 1. The molecule has 2 saturated heterocycles. The summed E-state index contributed by atoms with van der Waals surface area (Å²) in [6.45, 7) is 1.41. The molecule has 2 fully saturated rings. The summed E-state index contributed by atoms with van der Waals surface area (Å²) in [6.07, 6.45) is 0.918. The highest BCUT2D eigenvalue weighted by Gasteiger charge is 2.48. The van der Waals surface area contributed by atoms with Crippen LogP contribution in [0.5, 0.6) is 0 Å². The molecule has 2 amide bonds. The van der Waals surface area contributed by atoms with E-state index in [1.165, 1.54) is 0 Å². The Balaban J connectivity index is 1.78. The van der Waals surface area contributed by atoms with Crippen molar-refractivity contribution in [2.24, 2.45) is 0 Å². The number of fused-ring (bicyclic) bond motifs is 1. The Hall–Kier alpha value is -2.02. The molecule has 5 nitrogen and oxygen atoms in total. The first-order chi connectivity index (χ1) is 11.0. The van der Waals surface area contributed by atoms with Crippen LogP contribution in [0.4, 0.5) is 8.78 Å². The topological polar surface area (TPSA) is 49.9 Å². The van der Waals surface area contributed by atoms with E-state index in [-0.39, 0.29) is 30.0 Å². The molecule has 0 bridgehead atoms. The van der Waals surface area contributed by atoms with Crippen LogP contribution in [0.1, 0.15) is 23.2 Å². The lowest BCUT2D eigenvalue weighted by Gasteiger charge is -2.25. The molecule has 0 N–H and O–H groups in total. The molecule has 0 spiro atoms. The van der Waals surface area contributed by atoms with Crippen molar-refractivity contribution in [3.8, 4) is 0 Å². The zero-order valence-electron chi connectivity index (χ0n) is 12.8. The molecule has 2 aliphatic heterocycles. The van der Waals surface area contributed by atoms with Gasteiger partial charge in [-0.15, -0.1) is 0 Å². The third-order valence-corrected chi connectivity index (χ3v) is 4.52. The van der Waals surface area contributed by atoms with Gasteiger partial charge < -0.3 is 14.5 Å². The largest absolute Gasteiger partial charge is 0.383 e. The molecule has 2 atom stereocenters. The summed E-state index contributed by atoms with van der Waals surface area (Å²) in [4.78, 5) is 28.0. The number of ether oxygens (including phenoxy) is 1. The molecule has 23 heavy (non-hydrogen) atoms. The Morgan fingerprint density at radius 3 is 2.61 bits per heavy atom. The van der Waals surface area contributed by atoms with Crippen molar-refractivity contribution in [3.63, 3.8) is 0 Å². The van der Waals surface area contributed by atoms with Gasteiger partial charge in [-0.05, 0) is 18.6 Å². The summed E-state index contributed by atoms with van der Waals surface area (Å²) in [5, 5.41) is 0. The molecule has 0 aliphatic carbocycles. The van der Waals surface area contributed by atoms with Crippen molar-refractivity contribution in [1.82, 2.24) is 9.80 Å². The number of nitrogens with zero attached hydrogens (tertiary/aromatic N) is 2. The fourth-order valence-corrected chi connectivity index (χ4v) is 3.50. The number of benzene rings is 1. The van der Waals surface area contributed by atoms with Crippen LogP contribution in [0, 0.1) is 11.6 Å². The van der Waals surface area contributed by atoms with Crippen LogP contribution in [0.25, 0.3) is 0 Å². The highest BCUT2D eigenvalue weighted by molar-refractivity contribution is 5.95. The summed E-state index contributed by atoms with van der Waals surface area (Å²) < 4.78 is 31.7. The third-order valence-electron chi connectivity index (χ3n) is 4.52. The average Bonchev–Trinajstić information content (AvgIpc) is 3.02. The molecule has 1 aromatic rings. The number of likely N-dealkylation sites (tertiary alicyclic amines) is 2. The molecular formula is C16H18F2N2O3. The van der Waals surface area contributed by atoms with E-state index in [2.05, 4.69) is 0 Å². The molecule has 124 valence electrons. The van der Waals surface area contributed by atoms with Crippen LogP contribution >= 0.6 is 0 Å². The van der Waals surface area contributed by atoms with Crippen molar-refractivity contribution in [2.45, 2.75) is 24.9 Å². The maximum atomic E-state index is 13.3. The summed E-state index contributed by atoms with van der Waals surface area (Å²) >= 11 is 0. The smallest absolute Gasteiger partial charge is 0.254 e. The number of carbonyl (C=O) groups excluding carboxylic acids is 2. The monoisotopic (exact) mass is 324 g/mol. The Bertz CT molecular complexity index is 618. The van der Waals surface area contributed by atoms with Crippen molar-refractivity contribution < 1.29 is 23.1 Å². The normalized spacial score (nSPS) is 23.5. The first-order valence-electron chi connectivity index (χ1n) is 7.56. The van der Waals surface area contributed by atoms with Gasteiger partial charge in [-0.2, -0.15) is 0 Å². The molecule has 1 aromatic carbocycles. The van der Waals surface area contributed by atoms with Crippen molar-refractivity contribution in [3.05, 3.63) is 35.4 Å². The zero-order valence-corrected chi connectivity index (χ0v) is 12.8. The second-order valence-electron chi connectivity index (χ2n) is 5.86. The molecule has 3 rings (SSSR count). The van der Waals surface area contributed by atoms with E-state index >= 15 is 0 Å². The minimum Gasteiger partial charge on any atom is -0.383 e. The van der Waals surface area contributed by atoms with Gasteiger partial charge in [-0.3, -0.25) is 9.59 Å². The molecular weight excluding hydrogens is 306 g/mol. The van der Waals surface area contributed by atoms with E-state index in [0.717, 1.165) is 18.2 Å². The highest BCUT2D eigenvalue weighted by atomic mass is 19.1. The first kappa shape index (κ1) is 15.9. The fourth-order valence-electron chi connectivity index (χ4n) is 3.50. The fraction of sp³-hybridized carbons (Fsp3) is 0.500. The van der Waals surface area contributed by atoms with E-state index in [1.807, 2.05) is 0 Å². The van der Waals surface area contributed by atoms with Crippen molar-refractivity contribution in [2.75, 3.05) is 26.8 Å². The lowest BCUT2D eigenvalue weighted by molar-refractivity contribution is -0.129. The number of hydrogen-bond donors (Lipinski definition) is 0. The lowest BCUT2D eigenvalue weighted by atomic mass is 10.1. The van der Waals surface area contributed by atoms with Gasteiger partial charge in [0.15, 0.2) is 0 Å². The van der Waals surface area contributed by atoms with Crippen molar-refractivity contribution in [1.29, 1.82) is 0 Å². The summed E-state index contributed by atoms with van der Waals surface area (Å²) in [5.74, 6) is -2.01. The molecule has 0 aromatic heterocycles. The zero-order chi connectivity index (χ0) is 16.6. The number of halogens is 2. The summed E-state index contributed by atoms with van der Waals surface area (Å²) in [6, 6.07) is 2.50. The van der Waals surface area contributed by atoms with Gasteiger partial charge in [0.1, 0.15) is 11.6 Å². The standard InChI is InChI=1S/C16H18F2N2O3/c1-23-5-4-19-13-2-3-20(14(13)9-15(19)21)16(22)10-6-11(17)8-12(18)7-10/h6-8,13-14H,2-5,9H2,1H3/t13-,14-/m0/s1. The second-order valence-corrected chi connectivity index (χ2v) is 5.86. The molecule has 0 radical (unpaired) electrons. The van der Waals surface area contributed by atoms with Gasteiger partial charge in [-0.25, -0.2) is 8.78 Å². The number of rotatable bonds is 4. The second kappa shape index (κ2) is 6.23. The molecule has 2 heterocycles. The molecule has 7 heteroatoms. The van der Waals surface area contributed by atoms with Crippen LogP contribution in [-0.4, -0.2) is 60.5 Å². The van der Waals surface area contributed by atoms with Gasteiger partial charge in [-0.1, -0.05) is 0 Å². The van der Waals surface area contributed by atoms with Gasteiger partial charge >= 0.3 is 0 Å². The van der Waals surface area contributed by atoms with Crippen LogP contribution in [0.15, 0.2) is 18.2 Å². The first-order valence-corrected chi connectivity index (χ1v) is 7.56. The van der Waals surface area contributed by atoms with Crippen molar-refractivity contribution >= 4 is 11.8 Å². The number of amides is 2. The van der Waals surface area contributed by atoms with Gasteiger partial charge in [0.25, 0.3) is 5.91 Å². The number of hydrogen-bond acceptors (Lipinski definition) is 3. The molecule has 0 saturated carbocycles. The average molecular weight is 324 g/mol. The van der Waals surface area contributed by atoms with Gasteiger partial charge in [0, 0.05) is 38.2 Å². The Morgan fingerprint density at radius 2 is 1.96 bits per heavy atom. The van der Waals surface area contributed by atoms with Gasteiger partial charge in [0.05, 0.1) is 18.7 Å². The van der Waals surface area contributed by atoms with Crippen LogP contribution in [0.2, 0.25) is 0 Å². The maximum Gasteiger partial charge on any atom is 0.254 e. The minimum atomic E-state index is -0.784. The number of carbonyl (C=O) groups is 2. The lowest BCUT2D eigenvalue weighted by Crippen LogP contribution is -2.40. The van der Waals surface area contributed by atoms with Gasteiger partial charge in [0.2, 0.25) is 5.91 Å². The predicted molar refractivity (Wildman–Crippen MR) is 77.8 cm³/mol. The Kier molecular flexibility index (Phi) is 4.30.